The first-order valence-electron chi connectivity index (χ1n) is 7.26. The summed E-state index contributed by atoms with van der Waals surface area (Å²) >= 11 is 0. The van der Waals surface area contributed by atoms with Crippen molar-refractivity contribution >= 4 is 5.91 Å². The maximum Gasteiger partial charge on any atom is 0.349 e. The number of H-pyrrole nitrogens is 3. The summed E-state index contributed by atoms with van der Waals surface area (Å²) in [5, 5.41) is 11.7. The molecule has 25 heavy (non-hydrogen) atoms. The summed E-state index contributed by atoms with van der Waals surface area (Å²) in [6, 6.07) is 6.18. The summed E-state index contributed by atoms with van der Waals surface area (Å²) in [5.74, 6) is 0.696. The van der Waals surface area contributed by atoms with E-state index in [2.05, 4.69) is 30.6 Å². The Morgan fingerprint density at radius 1 is 1.28 bits per heavy atom. The highest BCUT2D eigenvalue weighted by molar-refractivity contribution is 5.94. The molecule has 3 rings (SSSR count). The average Bonchev–Trinajstić information content (AvgIpc) is 3.19. The molecular formula is C14H15N7O4. The third kappa shape index (κ3) is 3.72. The fraction of sp³-hybridized carbons (Fsp3) is 0.214. The van der Waals surface area contributed by atoms with Crippen LogP contribution in [0.3, 0.4) is 0 Å². The van der Waals surface area contributed by atoms with Gasteiger partial charge in [-0.05, 0) is 24.3 Å². The molecular weight excluding hydrogens is 330 g/mol. The number of aromatic amines is 3. The molecule has 0 saturated heterocycles. The van der Waals surface area contributed by atoms with Gasteiger partial charge in [-0.2, -0.15) is 5.10 Å². The zero-order valence-corrected chi connectivity index (χ0v) is 13.2. The van der Waals surface area contributed by atoms with E-state index < -0.39 is 11.4 Å². The number of carbonyl (C=O) groups excluding carboxylic acids is 1. The van der Waals surface area contributed by atoms with Gasteiger partial charge in [0.1, 0.15) is 12.4 Å². The Balaban J connectivity index is 1.65. The summed E-state index contributed by atoms with van der Waals surface area (Å²) < 4.78 is 5.96. The van der Waals surface area contributed by atoms with E-state index in [0.717, 1.165) is 4.68 Å². The molecule has 1 aromatic carbocycles. The van der Waals surface area contributed by atoms with Crippen LogP contribution in [0.5, 0.6) is 0 Å². The molecule has 0 spiro atoms. The topological polar surface area (TPSA) is 151 Å². The summed E-state index contributed by atoms with van der Waals surface area (Å²) in [6.45, 7) is 0.467. The van der Waals surface area contributed by atoms with Gasteiger partial charge >= 0.3 is 11.4 Å². The monoisotopic (exact) mass is 345 g/mol. The Morgan fingerprint density at radius 2 is 2.04 bits per heavy atom. The van der Waals surface area contributed by atoms with Gasteiger partial charge in [0.15, 0.2) is 5.82 Å². The molecule has 0 unspecified atom stereocenters. The number of benzene rings is 1. The largest absolute Gasteiger partial charge is 0.377 e. The van der Waals surface area contributed by atoms with Gasteiger partial charge in [0.2, 0.25) is 0 Å². The fourth-order valence-electron chi connectivity index (χ4n) is 2.15. The molecule has 0 atom stereocenters. The number of hydrogen-bond acceptors (Lipinski definition) is 6. The van der Waals surface area contributed by atoms with E-state index in [9.17, 15) is 14.4 Å². The van der Waals surface area contributed by atoms with E-state index in [1.807, 2.05) is 0 Å². The van der Waals surface area contributed by atoms with Crippen molar-refractivity contribution in [3.05, 3.63) is 62.4 Å². The van der Waals surface area contributed by atoms with E-state index in [0.29, 0.717) is 22.9 Å². The van der Waals surface area contributed by atoms with Crippen molar-refractivity contribution in [3.8, 4) is 5.69 Å². The van der Waals surface area contributed by atoms with Crippen molar-refractivity contribution in [1.82, 2.24) is 35.3 Å². The molecule has 3 aromatic rings. The standard InChI is InChI=1S/C14H15N7O4/c1-25-7-11-16-10(18-19-11)6-15-12(22)8-2-4-9(5-3-8)21-14(24)17-13(23)20-21/h2-5H,6-7H2,1H3,(H,15,22)(H,16,18,19)(H2,17,20,23,24). The van der Waals surface area contributed by atoms with Crippen LogP contribution in [-0.4, -0.2) is 43.0 Å². The van der Waals surface area contributed by atoms with Crippen molar-refractivity contribution in [1.29, 1.82) is 0 Å². The van der Waals surface area contributed by atoms with Gasteiger partial charge in [-0.3, -0.25) is 14.9 Å². The van der Waals surface area contributed by atoms with Gasteiger partial charge in [-0.15, -0.1) is 0 Å². The van der Waals surface area contributed by atoms with Crippen molar-refractivity contribution in [2.75, 3.05) is 7.11 Å². The van der Waals surface area contributed by atoms with Gasteiger partial charge in [-0.1, -0.05) is 0 Å². The zero-order valence-electron chi connectivity index (χ0n) is 13.2. The minimum atomic E-state index is -0.605. The summed E-state index contributed by atoms with van der Waals surface area (Å²) in [7, 11) is 1.54. The molecule has 130 valence electrons. The average molecular weight is 345 g/mol. The number of carbonyl (C=O) groups is 1. The molecule has 0 aliphatic rings. The molecule has 11 heteroatoms. The maximum absolute atomic E-state index is 12.1. The number of amides is 1. The molecule has 2 aromatic heterocycles. The van der Waals surface area contributed by atoms with Gasteiger partial charge in [0, 0.05) is 12.7 Å². The molecule has 0 radical (unpaired) electrons. The van der Waals surface area contributed by atoms with Crippen molar-refractivity contribution < 1.29 is 9.53 Å². The Morgan fingerprint density at radius 3 is 2.68 bits per heavy atom. The highest BCUT2D eigenvalue weighted by atomic mass is 16.5. The summed E-state index contributed by atoms with van der Waals surface area (Å²) in [4.78, 5) is 41.0. The lowest BCUT2D eigenvalue weighted by atomic mass is 10.2. The first-order chi connectivity index (χ1) is 12.1. The van der Waals surface area contributed by atoms with Crippen LogP contribution >= 0.6 is 0 Å². The molecule has 11 nitrogen and oxygen atoms in total. The minimum absolute atomic E-state index is 0.182. The van der Waals surface area contributed by atoms with Crippen LogP contribution in [0, 0.1) is 0 Å². The lowest BCUT2D eigenvalue weighted by molar-refractivity contribution is 0.0950. The van der Waals surface area contributed by atoms with E-state index in [-0.39, 0.29) is 19.1 Å². The minimum Gasteiger partial charge on any atom is -0.377 e. The summed E-state index contributed by atoms with van der Waals surface area (Å²) in [5.41, 5.74) is -0.364. The predicted octanol–water partition coefficient (Wildman–Crippen LogP) is -0.952. The first kappa shape index (κ1) is 16.4. The van der Waals surface area contributed by atoms with Crippen molar-refractivity contribution in [3.63, 3.8) is 0 Å². The number of nitrogens with one attached hydrogen (secondary N) is 4. The van der Waals surface area contributed by atoms with Gasteiger partial charge < -0.3 is 10.1 Å². The Hall–Kier alpha value is -3.47. The van der Waals surface area contributed by atoms with Crippen LogP contribution in [0.25, 0.3) is 5.69 Å². The van der Waals surface area contributed by atoms with E-state index in [1.54, 1.807) is 31.4 Å². The molecule has 0 bridgehead atoms. The SMILES string of the molecule is COCc1n[nH]c(CNC(=O)c2ccc(-n3[nH]c(=O)[nH]c3=O)cc2)n1. The third-order valence-electron chi connectivity index (χ3n) is 3.29. The molecule has 0 aliphatic heterocycles. The lowest BCUT2D eigenvalue weighted by Gasteiger charge is -2.05. The number of methoxy groups -OCH3 is 1. The van der Waals surface area contributed by atoms with Crippen LogP contribution in [0.15, 0.2) is 33.9 Å². The second-order valence-corrected chi connectivity index (χ2v) is 5.07. The second-order valence-electron chi connectivity index (χ2n) is 5.07. The quantitative estimate of drug-likeness (QED) is 0.452. The molecule has 2 heterocycles. The predicted molar refractivity (Wildman–Crippen MR) is 85.3 cm³/mol. The Bertz CT molecular complexity index is 980. The Labute approximate surface area is 140 Å². The van der Waals surface area contributed by atoms with E-state index >= 15 is 0 Å². The van der Waals surface area contributed by atoms with Crippen LogP contribution in [0.1, 0.15) is 22.0 Å². The van der Waals surface area contributed by atoms with Crippen molar-refractivity contribution in [2.24, 2.45) is 0 Å². The molecule has 1 amide bonds. The highest BCUT2D eigenvalue weighted by Gasteiger charge is 2.09. The lowest BCUT2D eigenvalue weighted by Crippen LogP contribution is -2.23. The van der Waals surface area contributed by atoms with Crippen LogP contribution in [0.4, 0.5) is 0 Å². The fourth-order valence-corrected chi connectivity index (χ4v) is 2.15. The van der Waals surface area contributed by atoms with Crippen LogP contribution in [-0.2, 0) is 17.9 Å². The van der Waals surface area contributed by atoms with E-state index in [1.165, 1.54) is 0 Å². The highest BCUT2D eigenvalue weighted by Crippen LogP contribution is 2.06. The molecule has 0 saturated carbocycles. The van der Waals surface area contributed by atoms with Crippen molar-refractivity contribution in [2.45, 2.75) is 13.2 Å². The first-order valence-corrected chi connectivity index (χ1v) is 7.26. The summed E-state index contributed by atoms with van der Waals surface area (Å²) in [6.07, 6.45) is 0. The Kier molecular flexibility index (Phi) is 4.57. The number of rotatable bonds is 6. The molecule has 0 aliphatic carbocycles. The molecule has 0 fully saturated rings. The molecule has 4 N–H and O–H groups in total. The van der Waals surface area contributed by atoms with E-state index in [4.69, 9.17) is 4.74 Å². The van der Waals surface area contributed by atoms with Gasteiger partial charge in [0.05, 0.1) is 12.2 Å². The maximum atomic E-state index is 12.1. The second kappa shape index (κ2) is 6.97. The van der Waals surface area contributed by atoms with Crippen LogP contribution in [0.2, 0.25) is 0 Å². The normalized spacial score (nSPS) is 10.8. The smallest absolute Gasteiger partial charge is 0.349 e. The number of nitrogens with zero attached hydrogens (tertiary/aromatic N) is 3. The number of hydrogen-bond donors (Lipinski definition) is 4. The van der Waals surface area contributed by atoms with Gasteiger partial charge in [-0.25, -0.2) is 24.4 Å². The number of ether oxygens (including phenoxy) is 1. The number of aromatic nitrogens is 6. The van der Waals surface area contributed by atoms with Gasteiger partial charge in [0.25, 0.3) is 5.91 Å². The third-order valence-corrected chi connectivity index (χ3v) is 3.29. The van der Waals surface area contributed by atoms with Crippen LogP contribution < -0.4 is 16.7 Å². The zero-order chi connectivity index (χ0) is 17.8.